The van der Waals surface area contributed by atoms with Gasteiger partial charge in [0.05, 0.1) is 9.50 Å². The molecule has 0 fully saturated rings. The lowest BCUT2D eigenvalue weighted by molar-refractivity contribution is 0.473. The van der Waals surface area contributed by atoms with Crippen LogP contribution in [0.3, 0.4) is 0 Å². The molecule has 0 saturated carbocycles. The molecule has 2 aromatic carbocycles. The molecule has 0 radical (unpaired) electrons. The Balaban J connectivity index is 2.20. The molecule has 20 heavy (non-hydrogen) atoms. The Labute approximate surface area is 130 Å². The molecule has 0 aromatic heterocycles. The Bertz CT molecular complexity index is 604. The van der Waals surface area contributed by atoms with Gasteiger partial charge in [0.1, 0.15) is 17.3 Å². The van der Waals surface area contributed by atoms with E-state index in [1.165, 1.54) is 12.1 Å². The maximum Gasteiger partial charge on any atom is 0.145 e. The zero-order chi connectivity index (χ0) is 14.7. The van der Waals surface area contributed by atoms with Crippen LogP contribution < -0.4 is 10.5 Å². The average Bonchev–Trinajstić information content (AvgIpc) is 2.44. The van der Waals surface area contributed by atoms with Crippen molar-refractivity contribution in [3.63, 3.8) is 0 Å². The van der Waals surface area contributed by atoms with Gasteiger partial charge in [-0.1, -0.05) is 30.7 Å². The van der Waals surface area contributed by atoms with Crippen LogP contribution in [0.1, 0.15) is 24.9 Å². The predicted molar refractivity (Wildman–Crippen MR) is 82.8 cm³/mol. The van der Waals surface area contributed by atoms with Crippen LogP contribution in [0.2, 0.25) is 5.02 Å². The zero-order valence-corrected chi connectivity index (χ0v) is 13.2. The quantitative estimate of drug-likeness (QED) is 0.738. The van der Waals surface area contributed by atoms with Crippen LogP contribution in [0.4, 0.5) is 4.39 Å². The fourth-order valence-electron chi connectivity index (χ4n) is 1.73. The molecule has 0 amide bonds. The van der Waals surface area contributed by atoms with Gasteiger partial charge in [0.2, 0.25) is 0 Å². The zero-order valence-electron chi connectivity index (χ0n) is 10.9. The average molecular weight is 359 g/mol. The molecule has 0 aliphatic rings. The maximum atomic E-state index is 13.4. The Hall–Kier alpha value is -1.10. The summed E-state index contributed by atoms with van der Waals surface area (Å²) < 4.78 is 19.7. The van der Waals surface area contributed by atoms with Gasteiger partial charge in [-0.15, -0.1) is 0 Å². The number of hydrogen-bond acceptors (Lipinski definition) is 2. The van der Waals surface area contributed by atoms with E-state index < -0.39 is 5.82 Å². The lowest BCUT2D eigenvalue weighted by atomic mass is 10.1. The van der Waals surface area contributed by atoms with Gasteiger partial charge in [-0.05, 0) is 46.1 Å². The largest absolute Gasteiger partial charge is 0.456 e. The summed E-state index contributed by atoms with van der Waals surface area (Å²) in [6.45, 7) is 2.03. The topological polar surface area (TPSA) is 35.2 Å². The predicted octanol–water partition coefficient (Wildman–Crippen LogP) is 5.44. The van der Waals surface area contributed by atoms with E-state index in [4.69, 9.17) is 22.1 Å². The lowest BCUT2D eigenvalue weighted by Gasteiger charge is -2.12. The third-order valence-corrected chi connectivity index (χ3v) is 3.86. The first-order valence-electron chi connectivity index (χ1n) is 6.19. The summed E-state index contributed by atoms with van der Waals surface area (Å²) in [7, 11) is 0. The summed E-state index contributed by atoms with van der Waals surface area (Å²) in [5.41, 5.74) is 6.99. The highest BCUT2D eigenvalue weighted by Gasteiger charge is 2.09. The van der Waals surface area contributed by atoms with Crippen molar-refractivity contribution in [1.29, 1.82) is 0 Å². The van der Waals surface area contributed by atoms with Crippen molar-refractivity contribution in [3.05, 3.63) is 57.3 Å². The first-order chi connectivity index (χ1) is 9.51. The van der Waals surface area contributed by atoms with E-state index in [0.29, 0.717) is 16.0 Å². The van der Waals surface area contributed by atoms with Crippen LogP contribution in [-0.4, -0.2) is 0 Å². The summed E-state index contributed by atoms with van der Waals surface area (Å²) in [6.07, 6.45) is 0.869. The number of rotatable bonds is 4. The molecule has 2 aromatic rings. The highest BCUT2D eigenvalue weighted by Crippen LogP contribution is 2.34. The minimum atomic E-state index is -0.519. The molecule has 2 N–H and O–H groups in total. The molecule has 106 valence electrons. The van der Waals surface area contributed by atoms with Gasteiger partial charge in [0.15, 0.2) is 0 Å². The Morgan fingerprint density at radius 3 is 2.55 bits per heavy atom. The van der Waals surface area contributed by atoms with Crippen LogP contribution in [0.5, 0.6) is 11.5 Å². The van der Waals surface area contributed by atoms with E-state index in [0.717, 1.165) is 12.0 Å². The molecule has 0 aliphatic heterocycles. The molecule has 2 nitrogen and oxygen atoms in total. The summed E-state index contributed by atoms with van der Waals surface area (Å²) >= 11 is 8.98. The fourth-order valence-corrected chi connectivity index (χ4v) is 2.45. The minimum Gasteiger partial charge on any atom is -0.456 e. The Kier molecular flexibility index (Phi) is 5.02. The van der Waals surface area contributed by atoms with Gasteiger partial charge in [0, 0.05) is 12.1 Å². The van der Waals surface area contributed by atoms with Crippen LogP contribution in [-0.2, 0) is 0 Å². The third-order valence-electron chi connectivity index (χ3n) is 2.95. The van der Waals surface area contributed by atoms with Crippen LogP contribution >= 0.6 is 27.5 Å². The number of ether oxygens (including phenoxy) is 1. The molecular formula is C15H14BrClFNO. The van der Waals surface area contributed by atoms with Crippen molar-refractivity contribution < 1.29 is 9.13 Å². The SMILES string of the molecule is CC[C@H](N)c1ccc(Oc2cc(F)c(Cl)cc2Br)cc1. The molecule has 2 rings (SSSR count). The second-order valence-electron chi connectivity index (χ2n) is 4.38. The van der Waals surface area contributed by atoms with Crippen molar-refractivity contribution in [2.75, 3.05) is 0 Å². The third kappa shape index (κ3) is 3.51. The summed E-state index contributed by atoms with van der Waals surface area (Å²) in [5, 5.41) is 0.0495. The van der Waals surface area contributed by atoms with Crippen molar-refractivity contribution in [1.82, 2.24) is 0 Å². The van der Waals surface area contributed by atoms with E-state index in [-0.39, 0.29) is 11.1 Å². The highest BCUT2D eigenvalue weighted by molar-refractivity contribution is 9.10. The highest BCUT2D eigenvalue weighted by atomic mass is 79.9. The fraction of sp³-hybridized carbons (Fsp3) is 0.200. The maximum absolute atomic E-state index is 13.4. The molecule has 0 spiro atoms. The second-order valence-corrected chi connectivity index (χ2v) is 5.64. The minimum absolute atomic E-state index is 0.0174. The molecule has 0 heterocycles. The number of benzene rings is 2. The van der Waals surface area contributed by atoms with Crippen molar-refractivity contribution in [2.24, 2.45) is 5.73 Å². The molecular weight excluding hydrogens is 345 g/mol. The monoisotopic (exact) mass is 357 g/mol. The van der Waals surface area contributed by atoms with E-state index in [1.54, 1.807) is 0 Å². The molecule has 0 saturated heterocycles. The molecule has 5 heteroatoms. The van der Waals surface area contributed by atoms with Gasteiger partial charge < -0.3 is 10.5 Å². The number of nitrogens with two attached hydrogens (primary N) is 1. The molecule has 0 unspecified atom stereocenters. The van der Waals surface area contributed by atoms with Crippen LogP contribution in [0.25, 0.3) is 0 Å². The number of halogens is 3. The lowest BCUT2D eigenvalue weighted by Crippen LogP contribution is -2.08. The smallest absolute Gasteiger partial charge is 0.145 e. The van der Waals surface area contributed by atoms with Gasteiger partial charge in [-0.3, -0.25) is 0 Å². The standard InChI is InChI=1S/C15H14BrClFNO/c1-2-14(19)9-3-5-10(6-4-9)20-15-8-13(18)12(17)7-11(15)16/h3-8,14H,2,19H2,1H3/t14-/m0/s1. The van der Waals surface area contributed by atoms with E-state index in [2.05, 4.69) is 15.9 Å². The summed E-state index contributed by atoms with van der Waals surface area (Å²) in [5.74, 6) is 0.466. The van der Waals surface area contributed by atoms with Crippen LogP contribution in [0.15, 0.2) is 40.9 Å². The van der Waals surface area contributed by atoms with E-state index in [1.807, 2.05) is 31.2 Å². The first-order valence-corrected chi connectivity index (χ1v) is 7.36. The normalized spacial score (nSPS) is 12.2. The van der Waals surface area contributed by atoms with Gasteiger partial charge >= 0.3 is 0 Å². The number of hydrogen-bond donors (Lipinski definition) is 1. The van der Waals surface area contributed by atoms with E-state index >= 15 is 0 Å². The van der Waals surface area contributed by atoms with Gasteiger partial charge in [0.25, 0.3) is 0 Å². The van der Waals surface area contributed by atoms with Gasteiger partial charge in [-0.25, -0.2) is 4.39 Å². The summed E-state index contributed by atoms with van der Waals surface area (Å²) in [4.78, 5) is 0. The van der Waals surface area contributed by atoms with E-state index in [9.17, 15) is 4.39 Å². The molecule has 1 atom stereocenters. The Morgan fingerprint density at radius 1 is 1.30 bits per heavy atom. The first kappa shape index (κ1) is 15.3. The molecule has 0 bridgehead atoms. The van der Waals surface area contributed by atoms with Crippen molar-refractivity contribution >= 4 is 27.5 Å². The van der Waals surface area contributed by atoms with Gasteiger partial charge in [-0.2, -0.15) is 0 Å². The van der Waals surface area contributed by atoms with Crippen LogP contribution in [0, 0.1) is 5.82 Å². The van der Waals surface area contributed by atoms with Crippen molar-refractivity contribution in [2.45, 2.75) is 19.4 Å². The molecule has 0 aliphatic carbocycles. The second kappa shape index (κ2) is 6.57. The van der Waals surface area contributed by atoms with Crippen molar-refractivity contribution in [3.8, 4) is 11.5 Å². The summed E-state index contributed by atoms with van der Waals surface area (Å²) in [6, 6.07) is 10.2. The Morgan fingerprint density at radius 2 is 1.95 bits per heavy atom.